The molecule has 2 saturated heterocycles. The minimum Gasteiger partial charge on any atom is -0.361 e. The second kappa shape index (κ2) is 7.20. The van der Waals surface area contributed by atoms with Crippen molar-refractivity contribution in [2.45, 2.75) is 57.7 Å². The molecule has 0 spiro atoms. The van der Waals surface area contributed by atoms with Crippen LogP contribution in [0.2, 0.25) is 0 Å². The number of nitrogens with one attached hydrogen (secondary N) is 2. The Kier molecular flexibility index (Phi) is 5.27. The number of likely N-dealkylation sites (N-methyl/N-ethyl adjacent to an activating group) is 1. The first-order valence-corrected chi connectivity index (χ1v) is 9.55. The van der Waals surface area contributed by atoms with Crippen LogP contribution in [0.4, 0.5) is 17.3 Å². The fourth-order valence-corrected chi connectivity index (χ4v) is 4.51. The average molecular weight is 377 g/mol. The summed E-state index contributed by atoms with van der Waals surface area (Å²) in [6.07, 6.45) is 3.16. The molecule has 0 atom stereocenters. The standard InChI is InChI=1S/C18H31N7O2/c1-17(2)10-13(11-18(3,4)22-17)21-15-14(25(26)27)16(20-12-19-15)24-8-6-23(5)7-9-24/h12-13,22H,6-11H2,1-5H3,(H,19,20,21). The Morgan fingerprint density at radius 1 is 1.15 bits per heavy atom. The third kappa shape index (κ3) is 4.65. The van der Waals surface area contributed by atoms with Crippen LogP contribution in [0.15, 0.2) is 6.33 Å². The van der Waals surface area contributed by atoms with E-state index >= 15 is 0 Å². The normalized spacial score (nSPS) is 23.2. The molecule has 0 radical (unpaired) electrons. The molecular formula is C18H31N7O2. The molecule has 2 aliphatic heterocycles. The van der Waals surface area contributed by atoms with E-state index in [1.807, 2.05) is 4.90 Å². The zero-order valence-corrected chi connectivity index (χ0v) is 16.9. The van der Waals surface area contributed by atoms with Gasteiger partial charge in [0.1, 0.15) is 6.33 Å². The van der Waals surface area contributed by atoms with Crippen LogP contribution in [0.5, 0.6) is 0 Å². The van der Waals surface area contributed by atoms with Crippen molar-refractivity contribution in [2.75, 3.05) is 43.4 Å². The predicted octanol–water partition coefficient (Wildman–Crippen LogP) is 1.86. The van der Waals surface area contributed by atoms with E-state index in [1.165, 1.54) is 6.33 Å². The van der Waals surface area contributed by atoms with E-state index in [9.17, 15) is 10.1 Å². The van der Waals surface area contributed by atoms with Gasteiger partial charge in [0.05, 0.1) is 4.92 Å². The highest BCUT2D eigenvalue weighted by molar-refractivity contribution is 5.70. The molecule has 150 valence electrons. The van der Waals surface area contributed by atoms with Crippen LogP contribution in [0.3, 0.4) is 0 Å². The Bertz CT molecular complexity index is 683. The van der Waals surface area contributed by atoms with Gasteiger partial charge in [0, 0.05) is 43.3 Å². The fourth-order valence-electron chi connectivity index (χ4n) is 4.51. The maximum Gasteiger partial charge on any atom is 0.353 e. The number of nitrogens with zero attached hydrogens (tertiary/aromatic N) is 5. The fraction of sp³-hybridized carbons (Fsp3) is 0.778. The summed E-state index contributed by atoms with van der Waals surface area (Å²) in [6.45, 7) is 11.8. The smallest absolute Gasteiger partial charge is 0.353 e. The highest BCUT2D eigenvalue weighted by Gasteiger charge is 2.39. The molecule has 0 bridgehead atoms. The monoisotopic (exact) mass is 377 g/mol. The zero-order chi connectivity index (χ0) is 19.8. The average Bonchev–Trinajstić information content (AvgIpc) is 2.52. The number of hydrogen-bond acceptors (Lipinski definition) is 8. The lowest BCUT2D eigenvalue weighted by molar-refractivity contribution is -0.383. The second-order valence-electron chi connectivity index (χ2n) is 9.08. The van der Waals surface area contributed by atoms with E-state index in [2.05, 4.69) is 60.2 Å². The molecule has 27 heavy (non-hydrogen) atoms. The molecule has 9 heteroatoms. The topological polar surface area (TPSA) is 99.5 Å². The lowest BCUT2D eigenvalue weighted by atomic mass is 9.79. The third-order valence-corrected chi connectivity index (χ3v) is 5.32. The third-order valence-electron chi connectivity index (χ3n) is 5.32. The minimum atomic E-state index is -0.354. The maximum absolute atomic E-state index is 11.9. The summed E-state index contributed by atoms with van der Waals surface area (Å²) >= 11 is 0. The molecular weight excluding hydrogens is 346 g/mol. The van der Waals surface area contributed by atoms with Gasteiger partial charge in [-0.3, -0.25) is 10.1 Å². The van der Waals surface area contributed by atoms with Crippen LogP contribution in [0.1, 0.15) is 40.5 Å². The lowest BCUT2D eigenvalue weighted by Crippen LogP contribution is -2.60. The summed E-state index contributed by atoms with van der Waals surface area (Å²) in [7, 11) is 2.05. The quantitative estimate of drug-likeness (QED) is 0.606. The predicted molar refractivity (Wildman–Crippen MR) is 106 cm³/mol. The van der Waals surface area contributed by atoms with Crippen LogP contribution in [0.25, 0.3) is 0 Å². The summed E-state index contributed by atoms with van der Waals surface area (Å²) in [4.78, 5) is 24.2. The van der Waals surface area contributed by atoms with Gasteiger partial charge in [-0.25, -0.2) is 9.97 Å². The number of nitro groups is 1. The molecule has 9 nitrogen and oxygen atoms in total. The molecule has 2 aliphatic rings. The summed E-state index contributed by atoms with van der Waals surface area (Å²) in [5.41, 5.74) is -0.126. The highest BCUT2D eigenvalue weighted by Crippen LogP contribution is 2.35. The lowest BCUT2D eigenvalue weighted by Gasteiger charge is -2.46. The van der Waals surface area contributed by atoms with Crippen molar-refractivity contribution in [3.8, 4) is 0 Å². The Morgan fingerprint density at radius 3 is 2.30 bits per heavy atom. The van der Waals surface area contributed by atoms with Gasteiger partial charge in [0.2, 0.25) is 11.6 Å². The van der Waals surface area contributed by atoms with Crippen molar-refractivity contribution in [2.24, 2.45) is 0 Å². The van der Waals surface area contributed by atoms with E-state index in [0.717, 1.165) is 39.0 Å². The molecule has 1 aromatic rings. The summed E-state index contributed by atoms with van der Waals surface area (Å²) in [5.74, 6) is 0.737. The van der Waals surface area contributed by atoms with Gasteiger partial charge in [-0.15, -0.1) is 0 Å². The number of piperidine rings is 1. The van der Waals surface area contributed by atoms with E-state index in [4.69, 9.17) is 0 Å². The van der Waals surface area contributed by atoms with Crippen LogP contribution in [0, 0.1) is 10.1 Å². The van der Waals surface area contributed by atoms with Gasteiger partial charge in [-0.2, -0.15) is 0 Å². The van der Waals surface area contributed by atoms with Crippen LogP contribution >= 0.6 is 0 Å². The number of anilines is 2. The first kappa shape index (κ1) is 19.8. The Labute approximate surface area is 160 Å². The molecule has 0 amide bonds. The Morgan fingerprint density at radius 2 is 1.74 bits per heavy atom. The molecule has 0 aromatic carbocycles. The van der Waals surface area contributed by atoms with Crippen LogP contribution in [-0.2, 0) is 0 Å². The van der Waals surface area contributed by atoms with Crippen molar-refractivity contribution in [3.05, 3.63) is 16.4 Å². The molecule has 2 fully saturated rings. The first-order valence-electron chi connectivity index (χ1n) is 9.55. The SMILES string of the molecule is CN1CCN(c2ncnc(NC3CC(C)(C)NC(C)(C)C3)c2[N+](=O)[O-])CC1. The Hall–Kier alpha value is -2.00. The van der Waals surface area contributed by atoms with Gasteiger partial charge in [0.15, 0.2) is 0 Å². The minimum absolute atomic E-state index is 0.0174. The largest absolute Gasteiger partial charge is 0.361 e. The van der Waals surface area contributed by atoms with E-state index in [1.54, 1.807) is 0 Å². The van der Waals surface area contributed by atoms with E-state index in [0.29, 0.717) is 11.6 Å². The number of aromatic nitrogens is 2. The molecule has 2 N–H and O–H groups in total. The van der Waals surface area contributed by atoms with Crippen molar-refractivity contribution in [1.82, 2.24) is 20.2 Å². The van der Waals surface area contributed by atoms with Gasteiger partial charge < -0.3 is 20.4 Å². The highest BCUT2D eigenvalue weighted by atomic mass is 16.6. The van der Waals surface area contributed by atoms with Crippen LogP contribution in [-0.4, -0.2) is 70.1 Å². The van der Waals surface area contributed by atoms with Crippen LogP contribution < -0.4 is 15.5 Å². The van der Waals surface area contributed by atoms with Gasteiger partial charge >= 0.3 is 5.69 Å². The molecule has 0 aliphatic carbocycles. The van der Waals surface area contributed by atoms with Crippen molar-refractivity contribution in [3.63, 3.8) is 0 Å². The van der Waals surface area contributed by atoms with Crippen molar-refractivity contribution in [1.29, 1.82) is 0 Å². The summed E-state index contributed by atoms with van der Waals surface area (Å²) < 4.78 is 0. The molecule has 0 unspecified atom stereocenters. The number of piperazine rings is 1. The van der Waals surface area contributed by atoms with Gasteiger partial charge in [0.25, 0.3) is 0 Å². The zero-order valence-electron chi connectivity index (χ0n) is 16.9. The first-order chi connectivity index (χ1) is 12.6. The van der Waals surface area contributed by atoms with Crippen molar-refractivity contribution < 1.29 is 4.92 Å². The molecule has 0 saturated carbocycles. The number of rotatable bonds is 4. The summed E-state index contributed by atoms with van der Waals surface area (Å²) in [6, 6.07) is 0.102. The molecule has 3 heterocycles. The number of hydrogen-bond donors (Lipinski definition) is 2. The summed E-state index contributed by atoms with van der Waals surface area (Å²) in [5, 5.41) is 18.9. The second-order valence-corrected chi connectivity index (χ2v) is 9.08. The maximum atomic E-state index is 11.9. The van der Waals surface area contributed by atoms with E-state index < -0.39 is 0 Å². The molecule has 1 aromatic heterocycles. The Balaban J connectivity index is 1.87. The van der Waals surface area contributed by atoms with Gasteiger partial charge in [-0.1, -0.05) is 0 Å². The van der Waals surface area contributed by atoms with Crippen molar-refractivity contribution >= 4 is 17.3 Å². The van der Waals surface area contributed by atoms with E-state index in [-0.39, 0.29) is 27.7 Å². The van der Waals surface area contributed by atoms with Gasteiger partial charge in [-0.05, 0) is 47.6 Å². The molecule has 3 rings (SSSR count).